The van der Waals surface area contributed by atoms with E-state index in [4.69, 9.17) is 4.98 Å². The van der Waals surface area contributed by atoms with E-state index in [1.807, 2.05) is 6.07 Å². The van der Waals surface area contributed by atoms with E-state index in [0.29, 0.717) is 5.92 Å². The summed E-state index contributed by atoms with van der Waals surface area (Å²) in [6, 6.07) is 8.44. The van der Waals surface area contributed by atoms with Gasteiger partial charge in [-0.2, -0.15) is 0 Å². The molecule has 0 aliphatic heterocycles. The number of pyridine rings is 1. The molecule has 1 saturated carbocycles. The third kappa shape index (κ3) is 1.70. The van der Waals surface area contributed by atoms with Gasteiger partial charge in [0.2, 0.25) is 0 Å². The maximum atomic E-state index is 10.3. The molecule has 0 amide bonds. The molecule has 2 aliphatic carbocycles. The lowest BCUT2D eigenvalue weighted by Gasteiger charge is -2.32. The molecule has 1 unspecified atom stereocenters. The number of fused-ring (bicyclic) bond motifs is 2. The van der Waals surface area contributed by atoms with Gasteiger partial charge in [-0.15, -0.1) is 0 Å². The first-order valence-electron chi connectivity index (χ1n) is 7.44. The number of benzene rings is 1. The van der Waals surface area contributed by atoms with Gasteiger partial charge >= 0.3 is 0 Å². The monoisotopic (exact) mass is 253 g/mol. The number of aliphatic hydroxyl groups is 1. The van der Waals surface area contributed by atoms with Crippen LogP contribution in [-0.2, 0) is 6.42 Å². The average molecular weight is 253 g/mol. The normalized spacial score (nSPS) is 23.1. The van der Waals surface area contributed by atoms with E-state index < -0.39 is 0 Å². The van der Waals surface area contributed by atoms with Crippen molar-refractivity contribution >= 4 is 10.9 Å². The number of para-hydroxylation sites is 1. The van der Waals surface area contributed by atoms with Crippen molar-refractivity contribution in [3.63, 3.8) is 0 Å². The van der Waals surface area contributed by atoms with Gasteiger partial charge in [-0.25, -0.2) is 4.98 Å². The highest BCUT2D eigenvalue weighted by Crippen LogP contribution is 2.44. The van der Waals surface area contributed by atoms with E-state index in [1.165, 1.54) is 35.8 Å². The van der Waals surface area contributed by atoms with Gasteiger partial charge in [0.15, 0.2) is 0 Å². The third-order valence-corrected chi connectivity index (χ3v) is 4.80. The first kappa shape index (κ1) is 11.4. The molecule has 0 bridgehead atoms. The number of hydrogen-bond donors (Lipinski definition) is 1. The van der Waals surface area contributed by atoms with Crippen LogP contribution in [-0.4, -0.2) is 10.1 Å². The molecule has 2 aromatic rings. The summed E-state index contributed by atoms with van der Waals surface area (Å²) in [6.07, 6.45) is 6.64. The number of nitrogens with zero attached hydrogens (tertiary/aromatic N) is 1. The van der Waals surface area contributed by atoms with Crippen molar-refractivity contribution in [1.82, 2.24) is 4.98 Å². The Morgan fingerprint density at radius 2 is 1.89 bits per heavy atom. The zero-order valence-electron chi connectivity index (χ0n) is 11.1. The lowest BCUT2D eigenvalue weighted by molar-refractivity contribution is 0.151. The Kier molecular flexibility index (Phi) is 2.59. The van der Waals surface area contributed by atoms with Gasteiger partial charge in [-0.3, -0.25) is 0 Å². The quantitative estimate of drug-likeness (QED) is 0.836. The fraction of sp³-hybridized carbons (Fsp3) is 0.471. The Hall–Kier alpha value is -1.41. The molecule has 2 nitrogen and oxygen atoms in total. The largest absolute Gasteiger partial charge is 0.387 e. The van der Waals surface area contributed by atoms with Gasteiger partial charge in [0, 0.05) is 5.39 Å². The van der Waals surface area contributed by atoms with Crippen molar-refractivity contribution in [3.8, 4) is 0 Å². The first-order chi connectivity index (χ1) is 9.34. The summed E-state index contributed by atoms with van der Waals surface area (Å²) in [5.74, 6) is 0.701. The summed E-state index contributed by atoms with van der Waals surface area (Å²) in [4.78, 5) is 4.75. The maximum absolute atomic E-state index is 10.3. The van der Waals surface area contributed by atoms with Crippen LogP contribution >= 0.6 is 0 Å². The second-order valence-corrected chi connectivity index (χ2v) is 5.94. The number of rotatable bonds is 1. The van der Waals surface area contributed by atoms with E-state index in [2.05, 4.69) is 18.2 Å². The SMILES string of the molecule is OC1CCCc2c1nc1ccccc1c2C1CCC1. The second-order valence-electron chi connectivity index (χ2n) is 5.94. The van der Waals surface area contributed by atoms with Crippen LogP contribution in [0.25, 0.3) is 10.9 Å². The van der Waals surface area contributed by atoms with Gasteiger partial charge in [0.1, 0.15) is 0 Å². The second kappa shape index (κ2) is 4.31. The van der Waals surface area contributed by atoms with Crippen LogP contribution < -0.4 is 0 Å². The van der Waals surface area contributed by atoms with Crippen molar-refractivity contribution in [1.29, 1.82) is 0 Å². The van der Waals surface area contributed by atoms with Crippen LogP contribution in [0.5, 0.6) is 0 Å². The van der Waals surface area contributed by atoms with E-state index in [-0.39, 0.29) is 6.10 Å². The zero-order chi connectivity index (χ0) is 12.8. The predicted molar refractivity (Wildman–Crippen MR) is 76.2 cm³/mol. The Bertz CT molecular complexity index is 630. The lowest BCUT2D eigenvalue weighted by Crippen LogP contribution is -2.19. The van der Waals surface area contributed by atoms with Gasteiger partial charge in [-0.1, -0.05) is 24.6 Å². The minimum Gasteiger partial charge on any atom is -0.387 e. The van der Waals surface area contributed by atoms with Gasteiger partial charge < -0.3 is 5.11 Å². The van der Waals surface area contributed by atoms with Crippen LogP contribution in [0.4, 0.5) is 0 Å². The molecule has 2 aliphatic rings. The highest BCUT2D eigenvalue weighted by molar-refractivity contribution is 5.84. The first-order valence-corrected chi connectivity index (χ1v) is 7.44. The summed E-state index contributed by atoms with van der Waals surface area (Å²) in [6.45, 7) is 0. The van der Waals surface area contributed by atoms with Crippen LogP contribution in [0.1, 0.15) is 60.9 Å². The summed E-state index contributed by atoms with van der Waals surface area (Å²) >= 11 is 0. The maximum Gasteiger partial charge on any atom is 0.0963 e. The Morgan fingerprint density at radius 3 is 2.68 bits per heavy atom. The van der Waals surface area contributed by atoms with Crippen molar-refractivity contribution in [2.45, 2.75) is 50.5 Å². The molecule has 0 radical (unpaired) electrons. The molecule has 1 fully saturated rings. The van der Waals surface area contributed by atoms with Gasteiger partial charge in [0.05, 0.1) is 17.3 Å². The van der Waals surface area contributed by atoms with Crippen molar-refractivity contribution in [3.05, 3.63) is 41.1 Å². The molecule has 1 heterocycles. The molecular formula is C17H19NO. The molecule has 1 aromatic carbocycles. The number of hydrogen-bond acceptors (Lipinski definition) is 2. The summed E-state index contributed by atoms with van der Waals surface area (Å²) in [5, 5.41) is 11.6. The zero-order valence-corrected chi connectivity index (χ0v) is 11.1. The van der Waals surface area contributed by atoms with Crippen LogP contribution in [0.3, 0.4) is 0 Å². The van der Waals surface area contributed by atoms with E-state index >= 15 is 0 Å². The van der Waals surface area contributed by atoms with E-state index in [1.54, 1.807) is 0 Å². The van der Waals surface area contributed by atoms with Crippen LogP contribution in [0, 0.1) is 0 Å². The van der Waals surface area contributed by atoms with E-state index in [9.17, 15) is 5.11 Å². The molecule has 2 heteroatoms. The van der Waals surface area contributed by atoms with Crippen LogP contribution in [0.15, 0.2) is 24.3 Å². The molecule has 0 spiro atoms. The van der Waals surface area contributed by atoms with Crippen molar-refractivity contribution < 1.29 is 5.11 Å². The molecule has 19 heavy (non-hydrogen) atoms. The topological polar surface area (TPSA) is 33.1 Å². The van der Waals surface area contributed by atoms with E-state index in [0.717, 1.165) is 30.5 Å². The summed E-state index contributed by atoms with van der Waals surface area (Å²) < 4.78 is 0. The minimum atomic E-state index is -0.354. The average Bonchev–Trinajstić information content (AvgIpc) is 2.38. The third-order valence-electron chi connectivity index (χ3n) is 4.80. The summed E-state index contributed by atoms with van der Waals surface area (Å²) in [5.41, 5.74) is 4.89. The van der Waals surface area contributed by atoms with Gasteiger partial charge in [0.25, 0.3) is 0 Å². The number of aromatic nitrogens is 1. The minimum absolute atomic E-state index is 0.354. The Morgan fingerprint density at radius 1 is 1.05 bits per heavy atom. The molecule has 1 N–H and O–H groups in total. The van der Waals surface area contributed by atoms with Gasteiger partial charge in [-0.05, 0) is 55.2 Å². The molecule has 4 rings (SSSR count). The molecular weight excluding hydrogens is 234 g/mol. The number of aliphatic hydroxyl groups excluding tert-OH is 1. The van der Waals surface area contributed by atoms with Crippen LogP contribution in [0.2, 0.25) is 0 Å². The highest BCUT2D eigenvalue weighted by atomic mass is 16.3. The molecule has 98 valence electrons. The van der Waals surface area contributed by atoms with Crippen molar-refractivity contribution in [2.75, 3.05) is 0 Å². The smallest absolute Gasteiger partial charge is 0.0963 e. The lowest BCUT2D eigenvalue weighted by atomic mass is 9.74. The standard InChI is InChI=1S/C17H19NO/c19-15-10-4-8-13-16(11-5-3-6-11)12-7-1-2-9-14(12)18-17(13)15/h1-2,7,9,11,15,19H,3-6,8,10H2. The Balaban J connectivity index is 2.03. The predicted octanol–water partition coefficient (Wildman–Crippen LogP) is 3.87. The Labute approximate surface area is 113 Å². The molecule has 1 atom stereocenters. The highest BCUT2D eigenvalue weighted by Gasteiger charge is 2.30. The van der Waals surface area contributed by atoms with Crippen molar-refractivity contribution in [2.24, 2.45) is 0 Å². The fourth-order valence-corrected chi connectivity index (χ4v) is 3.61. The fourth-order valence-electron chi connectivity index (χ4n) is 3.61. The molecule has 1 aromatic heterocycles. The molecule has 0 saturated heterocycles. The summed E-state index contributed by atoms with van der Waals surface area (Å²) in [7, 11) is 0.